The molecule has 1 aromatic heterocycles. The molecule has 21 heavy (non-hydrogen) atoms. The molecule has 7 heteroatoms. The summed E-state index contributed by atoms with van der Waals surface area (Å²) in [6, 6.07) is 4.83. The Kier molecular flexibility index (Phi) is 4.02. The van der Waals surface area contributed by atoms with Crippen molar-refractivity contribution in [3.63, 3.8) is 0 Å². The average Bonchev–Trinajstić information content (AvgIpc) is 2.83. The Morgan fingerprint density at radius 1 is 1.43 bits per heavy atom. The van der Waals surface area contributed by atoms with Crippen molar-refractivity contribution in [2.75, 3.05) is 7.05 Å². The van der Waals surface area contributed by atoms with Crippen molar-refractivity contribution in [3.8, 4) is 0 Å². The van der Waals surface area contributed by atoms with E-state index in [1.165, 1.54) is 17.2 Å². The zero-order valence-corrected chi connectivity index (χ0v) is 11.5. The summed E-state index contributed by atoms with van der Waals surface area (Å²) in [4.78, 5) is 23.4. The highest BCUT2D eigenvalue weighted by Crippen LogP contribution is 2.20. The number of hydrogen-bond acceptors (Lipinski definition) is 4. The van der Waals surface area contributed by atoms with Crippen molar-refractivity contribution >= 4 is 11.6 Å². The number of carbonyl (C=O) groups is 1. The van der Waals surface area contributed by atoms with E-state index in [-0.39, 0.29) is 5.56 Å². The zero-order chi connectivity index (χ0) is 15.6. The zero-order valence-electron chi connectivity index (χ0n) is 11.5. The molecule has 2 rings (SSSR count). The van der Waals surface area contributed by atoms with Gasteiger partial charge in [0, 0.05) is 30.8 Å². The molecule has 0 aliphatic heterocycles. The number of amides is 1. The number of rotatable bonds is 4. The molecule has 0 spiro atoms. The SMILES string of the molecule is Cc1occc1CN(C)C(=O)c1ccc(F)c([N+](=O)[O-])c1. The van der Waals surface area contributed by atoms with E-state index in [2.05, 4.69) is 0 Å². The van der Waals surface area contributed by atoms with Crippen LogP contribution in [0.2, 0.25) is 0 Å². The smallest absolute Gasteiger partial charge is 0.305 e. The second kappa shape index (κ2) is 5.74. The fraction of sp³-hybridized carbons (Fsp3) is 0.214. The maximum atomic E-state index is 13.3. The topological polar surface area (TPSA) is 76.6 Å². The van der Waals surface area contributed by atoms with E-state index < -0.39 is 22.3 Å². The van der Waals surface area contributed by atoms with Gasteiger partial charge >= 0.3 is 5.69 Å². The summed E-state index contributed by atoms with van der Waals surface area (Å²) in [6.45, 7) is 2.07. The van der Waals surface area contributed by atoms with Gasteiger partial charge in [-0.1, -0.05) is 0 Å². The van der Waals surface area contributed by atoms with Crippen molar-refractivity contribution in [2.24, 2.45) is 0 Å². The van der Waals surface area contributed by atoms with Crippen molar-refractivity contribution in [1.82, 2.24) is 4.90 Å². The molecule has 1 aromatic carbocycles. The molecule has 2 aromatic rings. The Morgan fingerprint density at radius 3 is 2.71 bits per heavy atom. The number of halogens is 1. The summed E-state index contributed by atoms with van der Waals surface area (Å²) < 4.78 is 18.4. The van der Waals surface area contributed by atoms with Crippen LogP contribution in [-0.4, -0.2) is 22.8 Å². The summed E-state index contributed by atoms with van der Waals surface area (Å²) in [5.74, 6) is -0.705. The number of furan rings is 1. The number of nitro groups is 1. The number of carbonyl (C=O) groups excluding carboxylic acids is 1. The van der Waals surface area contributed by atoms with Gasteiger partial charge in [0.15, 0.2) is 0 Å². The fourth-order valence-electron chi connectivity index (χ4n) is 1.91. The number of nitrogens with zero attached hydrogens (tertiary/aromatic N) is 2. The predicted octanol–water partition coefficient (Wildman–Crippen LogP) is 2.91. The molecule has 0 atom stereocenters. The van der Waals surface area contributed by atoms with Crippen LogP contribution >= 0.6 is 0 Å². The van der Waals surface area contributed by atoms with Gasteiger partial charge in [-0.05, 0) is 25.1 Å². The summed E-state index contributed by atoms with van der Waals surface area (Å²) in [6.07, 6.45) is 1.52. The van der Waals surface area contributed by atoms with E-state index in [9.17, 15) is 19.3 Å². The summed E-state index contributed by atoms with van der Waals surface area (Å²) in [7, 11) is 1.56. The fourth-order valence-corrected chi connectivity index (χ4v) is 1.91. The van der Waals surface area contributed by atoms with Crippen LogP contribution in [0, 0.1) is 22.9 Å². The first kappa shape index (κ1) is 14.7. The van der Waals surface area contributed by atoms with Crippen LogP contribution in [0.1, 0.15) is 21.7 Å². The first-order valence-corrected chi connectivity index (χ1v) is 6.12. The largest absolute Gasteiger partial charge is 0.469 e. The van der Waals surface area contributed by atoms with Gasteiger partial charge in [-0.3, -0.25) is 14.9 Å². The van der Waals surface area contributed by atoms with Crippen molar-refractivity contribution in [3.05, 3.63) is 63.3 Å². The van der Waals surface area contributed by atoms with Gasteiger partial charge < -0.3 is 9.32 Å². The Labute approximate surface area is 119 Å². The van der Waals surface area contributed by atoms with Crippen LogP contribution < -0.4 is 0 Å². The quantitative estimate of drug-likeness (QED) is 0.641. The molecule has 0 radical (unpaired) electrons. The molecule has 0 unspecified atom stereocenters. The molecule has 0 aliphatic carbocycles. The summed E-state index contributed by atoms with van der Waals surface area (Å²) in [5.41, 5.74) is 0.183. The molecule has 0 saturated heterocycles. The predicted molar refractivity (Wildman–Crippen MR) is 72.3 cm³/mol. The molecular weight excluding hydrogens is 279 g/mol. The first-order valence-electron chi connectivity index (χ1n) is 6.12. The third-order valence-electron chi connectivity index (χ3n) is 3.11. The van der Waals surface area contributed by atoms with E-state index in [1.807, 2.05) is 0 Å². The van der Waals surface area contributed by atoms with Gasteiger partial charge in [-0.25, -0.2) is 0 Å². The molecular formula is C14H13FN2O4. The number of benzene rings is 1. The number of aryl methyl sites for hydroxylation is 1. The highest BCUT2D eigenvalue weighted by Gasteiger charge is 2.20. The molecule has 0 N–H and O–H groups in total. The molecule has 110 valence electrons. The Morgan fingerprint density at radius 2 is 2.14 bits per heavy atom. The minimum Gasteiger partial charge on any atom is -0.469 e. The van der Waals surface area contributed by atoms with Crippen LogP contribution in [0.25, 0.3) is 0 Å². The summed E-state index contributed by atoms with van der Waals surface area (Å²) in [5, 5.41) is 10.7. The highest BCUT2D eigenvalue weighted by molar-refractivity contribution is 5.94. The van der Waals surface area contributed by atoms with Gasteiger partial charge in [-0.2, -0.15) is 4.39 Å². The van der Waals surface area contributed by atoms with Crippen LogP contribution in [0.3, 0.4) is 0 Å². The maximum absolute atomic E-state index is 13.3. The van der Waals surface area contributed by atoms with Gasteiger partial charge in [0.05, 0.1) is 11.2 Å². The molecule has 0 aliphatic rings. The maximum Gasteiger partial charge on any atom is 0.305 e. The number of hydrogen-bond donors (Lipinski definition) is 0. The van der Waals surface area contributed by atoms with E-state index in [0.717, 1.165) is 17.7 Å². The normalized spacial score (nSPS) is 10.4. The van der Waals surface area contributed by atoms with Crippen molar-refractivity contribution < 1.29 is 18.5 Å². The molecule has 6 nitrogen and oxygen atoms in total. The molecule has 0 bridgehead atoms. The monoisotopic (exact) mass is 292 g/mol. The van der Waals surface area contributed by atoms with E-state index in [1.54, 1.807) is 20.0 Å². The Balaban J connectivity index is 2.21. The molecule has 1 amide bonds. The first-order chi connectivity index (χ1) is 9.90. The van der Waals surface area contributed by atoms with Gasteiger partial charge in [0.25, 0.3) is 5.91 Å². The van der Waals surface area contributed by atoms with Crippen LogP contribution in [0.5, 0.6) is 0 Å². The van der Waals surface area contributed by atoms with Crippen molar-refractivity contribution in [2.45, 2.75) is 13.5 Å². The van der Waals surface area contributed by atoms with Crippen LogP contribution in [0.4, 0.5) is 10.1 Å². The van der Waals surface area contributed by atoms with Crippen LogP contribution in [0.15, 0.2) is 34.9 Å². The lowest BCUT2D eigenvalue weighted by molar-refractivity contribution is -0.387. The highest BCUT2D eigenvalue weighted by atomic mass is 19.1. The van der Waals surface area contributed by atoms with E-state index in [4.69, 9.17) is 4.42 Å². The standard InChI is InChI=1S/C14H13FN2O4/c1-9-11(5-6-21-9)8-16(2)14(18)10-3-4-12(15)13(7-10)17(19)20/h3-7H,8H2,1-2H3. The van der Waals surface area contributed by atoms with Gasteiger partial charge in [0.1, 0.15) is 5.76 Å². The summed E-state index contributed by atoms with van der Waals surface area (Å²) >= 11 is 0. The third kappa shape index (κ3) is 3.07. The number of nitro benzene ring substituents is 1. The van der Waals surface area contributed by atoms with E-state index >= 15 is 0 Å². The van der Waals surface area contributed by atoms with E-state index in [0.29, 0.717) is 12.3 Å². The lowest BCUT2D eigenvalue weighted by atomic mass is 10.1. The third-order valence-corrected chi connectivity index (χ3v) is 3.11. The van der Waals surface area contributed by atoms with Crippen LogP contribution in [-0.2, 0) is 6.54 Å². The Bertz CT molecular complexity index is 696. The lowest BCUT2D eigenvalue weighted by Gasteiger charge is -2.16. The minimum absolute atomic E-state index is 0.0618. The average molecular weight is 292 g/mol. The van der Waals surface area contributed by atoms with Gasteiger partial charge in [-0.15, -0.1) is 0 Å². The lowest BCUT2D eigenvalue weighted by Crippen LogP contribution is -2.26. The minimum atomic E-state index is -0.968. The molecule has 0 fully saturated rings. The van der Waals surface area contributed by atoms with Crippen molar-refractivity contribution in [1.29, 1.82) is 0 Å². The molecule has 0 saturated carbocycles. The van der Waals surface area contributed by atoms with Gasteiger partial charge in [0.2, 0.25) is 5.82 Å². The second-order valence-corrected chi connectivity index (χ2v) is 4.59. The second-order valence-electron chi connectivity index (χ2n) is 4.59. The Hall–Kier alpha value is -2.70. The molecule has 1 heterocycles.